The Kier molecular flexibility index (Phi) is 2.34. The third-order valence-corrected chi connectivity index (χ3v) is 3.20. The van der Waals surface area contributed by atoms with Crippen molar-refractivity contribution in [1.29, 1.82) is 0 Å². The van der Waals surface area contributed by atoms with Crippen molar-refractivity contribution in [3.8, 4) is 5.69 Å². The van der Waals surface area contributed by atoms with Crippen molar-refractivity contribution in [3.63, 3.8) is 0 Å². The molecule has 3 heterocycles. The Morgan fingerprint density at radius 3 is 2.72 bits per heavy atom. The van der Waals surface area contributed by atoms with Crippen LogP contribution in [0, 0.1) is 13.8 Å². The standard InChI is InChI=1S/C11H11ClN6/c1-6-7(2)18(16-15-6)9-4-10(12)14-11-8(9)5-13-17(11)3/h4-5H,1-3H3. The zero-order valence-corrected chi connectivity index (χ0v) is 11.0. The molecule has 0 aliphatic carbocycles. The van der Waals surface area contributed by atoms with Gasteiger partial charge in [-0.2, -0.15) is 5.10 Å². The zero-order valence-electron chi connectivity index (χ0n) is 10.2. The fourth-order valence-electron chi connectivity index (χ4n) is 1.88. The predicted molar refractivity (Wildman–Crippen MR) is 67.9 cm³/mol. The van der Waals surface area contributed by atoms with Crippen molar-refractivity contribution in [2.24, 2.45) is 7.05 Å². The van der Waals surface area contributed by atoms with Crippen molar-refractivity contribution in [2.45, 2.75) is 13.8 Å². The molecule has 18 heavy (non-hydrogen) atoms. The lowest BCUT2D eigenvalue weighted by atomic mass is 10.3. The second kappa shape index (κ2) is 3.78. The highest BCUT2D eigenvalue weighted by atomic mass is 35.5. The summed E-state index contributed by atoms with van der Waals surface area (Å²) in [5.74, 6) is 0. The molecule has 0 aliphatic rings. The fourth-order valence-corrected chi connectivity index (χ4v) is 2.06. The minimum Gasteiger partial charge on any atom is -0.250 e. The van der Waals surface area contributed by atoms with Gasteiger partial charge in [0.25, 0.3) is 0 Å². The number of rotatable bonds is 1. The molecule has 0 fully saturated rings. The lowest BCUT2D eigenvalue weighted by molar-refractivity contribution is 0.782. The number of nitrogens with zero attached hydrogens (tertiary/aromatic N) is 6. The van der Waals surface area contributed by atoms with E-state index in [2.05, 4.69) is 20.4 Å². The van der Waals surface area contributed by atoms with Gasteiger partial charge in [-0.3, -0.25) is 4.68 Å². The van der Waals surface area contributed by atoms with Crippen LogP contribution >= 0.6 is 11.6 Å². The van der Waals surface area contributed by atoms with E-state index in [9.17, 15) is 0 Å². The monoisotopic (exact) mass is 262 g/mol. The van der Waals surface area contributed by atoms with Gasteiger partial charge in [0.15, 0.2) is 5.65 Å². The topological polar surface area (TPSA) is 61.4 Å². The van der Waals surface area contributed by atoms with Crippen molar-refractivity contribution in [2.75, 3.05) is 0 Å². The first-order valence-corrected chi connectivity index (χ1v) is 5.83. The van der Waals surface area contributed by atoms with Crippen LogP contribution < -0.4 is 0 Å². The van der Waals surface area contributed by atoms with Gasteiger partial charge >= 0.3 is 0 Å². The number of fused-ring (bicyclic) bond motifs is 1. The number of halogens is 1. The van der Waals surface area contributed by atoms with Crippen LogP contribution in [0.15, 0.2) is 12.3 Å². The summed E-state index contributed by atoms with van der Waals surface area (Å²) >= 11 is 6.05. The van der Waals surface area contributed by atoms with E-state index in [0.29, 0.717) is 5.15 Å². The van der Waals surface area contributed by atoms with Gasteiger partial charge in [0.05, 0.1) is 28.7 Å². The van der Waals surface area contributed by atoms with Gasteiger partial charge in [0, 0.05) is 13.1 Å². The van der Waals surface area contributed by atoms with Gasteiger partial charge in [-0.15, -0.1) is 5.10 Å². The van der Waals surface area contributed by atoms with E-state index in [1.807, 2.05) is 20.9 Å². The molecule has 7 heteroatoms. The molecule has 0 saturated carbocycles. The first kappa shape index (κ1) is 11.2. The molecule has 92 valence electrons. The normalized spacial score (nSPS) is 11.3. The summed E-state index contributed by atoms with van der Waals surface area (Å²) in [4.78, 5) is 4.26. The molecule has 0 aromatic carbocycles. The summed E-state index contributed by atoms with van der Waals surface area (Å²) < 4.78 is 3.44. The molecule has 0 aliphatic heterocycles. The molecule has 3 rings (SSSR count). The summed E-state index contributed by atoms with van der Waals surface area (Å²) in [6, 6.07) is 1.77. The zero-order chi connectivity index (χ0) is 12.9. The van der Waals surface area contributed by atoms with Crippen LogP contribution in [-0.4, -0.2) is 29.8 Å². The van der Waals surface area contributed by atoms with Crippen LogP contribution in [0.4, 0.5) is 0 Å². The molecule has 0 amide bonds. The van der Waals surface area contributed by atoms with Gasteiger partial charge in [-0.1, -0.05) is 16.8 Å². The van der Waals surface area contributed by atoms with Gasteiger partial charge in [-0.25, -0.2) is 9.67 Å². The smallest absolute Gasteiger partial charge is 0.161 e. The van der Waals surface area contributed by atoms with Crippen LogP contribution in [0.5, 0.6) is 0 Å². The molecule has 0 radical (unpaired) electrons. The molecule has 6 nitrogen and oxygen atoms in total. The number of hydrogen-bond donors (Lipinski definition) is 0. The number of pyridine rings is 1. The lowest BCUT2D eigenvalue weighted by Crippen LogP contribution is -2.01. The van der Waals surface area contributed by atoms with E-state index in [1.54, 1.807) is 21.6 Å². The Balaban J connectivity index is 2.38. The average molecular weight is 263 g/mol. The summed E-state index contributed by atoms with van der Waals surface area (Å²) in [6.07, 6.45) is 1.75. The minimum atomic E-state index is 0.411. The van der Waals surface area contributed by atoms with E-state index in [4.69, 9.17) is 11.6 Å². The lowest BCUT2D eigenvalue weighted by Gasteiger charge is -2.05. The maximum atomic E-state index is 6.05. The maximum absolute atomic E-state index is 6.05. The maximum Gasteiger partial charge on any atom is 0.161 e. The third-order valence-electron chi connectivity index (χ3n) is 3.01. The highest BCUT2D eigenvalue weighted by Crippen LogP contribution is 2.24. The fraction of sp³-hybridized carbons (Fsp3) is 0.273. The van der Waals surface area contributed by atoms with E-state index < -0.39 is 0 Å². The molecule has 3 aromatic heterocycles. The molecular weight excluding hydrogens is 252 g/mol. The highest BCUT2D eigenvalue weighted by Gasteiger charge is 2.14. The molecule has 0 unspecified atom stereocenters. The van der Waals surface area contributed by atoms with Crippen molar-refractivity contribution in [1.82, 2.24) is 29.8 Å². The Labute approximate surface area is 108 Å². The largest absolute Gasteiger partial charge is 0.250 e. The molecule has 0 atom stereocenters. The van der Waals surface area contributed by atoms with Crippen molar-refractivity contribution < 1.29 is 0 Å². The molecule has 0 bridgehead atoms. The van der Waals surface area contributed by atoms with Crippen LogP contribution in [0.3, 0.4) is 0 Å². The summed E-state index contributed by atoms with van der Waals surface area (Å²) in [7, 11) is 1.83. The average Bonchev–Trinajstić information content (AvgIpc) is 2.85. The van der Waals surface area contributed by atoms with Crippen molar-refractivity contribution >= 4 is 22.6 Å². The third kappa shape index (κ3) is 1.49. The second-order valence-corrected chi connectivity index (χ2v) is 4.53. The quantitative estimate of drug-likeness (QED) is 0.628. The van der Waals surface area contributed by atoms with E-state index >= 15 is 0 Å². The van der Waals surface area contributed by atoms with Gasteiger partial charge in [0.2, 0.25) is 0 Å². The summed E-state index contributed by atoms with van der Waals surface area (Å²) in [6.45, 7) is 3.88. The molecule has 0 N–H and O–H groups in total. The summed E-state index contributed by atoms with van der Waals surface area (Å²) in [5, 5.41) is 13.7. The van der Waals surface area contributed by atoms with Gasteiger partial charge in [-0.05, 0) is 13.8 Å². The molecule has 0 spiro atoms. The van der Waals surface area contributed by atoms with Crippen molar-refractivity contribution in [3.05, 3.63) is 28.8 Å². The summed E-state index contributed by atoms with van der Waals surface area (Å²) in [5.41, 5.74) is 3.43. The van der Waals surface area contributed by atoms with Crippen LogP contribution in [0.2, 0.25) is 5.15 Å². The SMILES string of the molecule is Cc1nnn(-c2cc(Cl)nc3c2cnn3C)c1C. The number of aromatic nitrogens is 6. The van der Waals surface area contributed by atoms with E-state index in [-0.39, 0.29) is 0 Å². The Morgan fingerprint density at radius 1 is 1.28 bits per heavy atom. The second-order valence-electron chi connectivity index (χ2n) is 4.14. The molecule has 0 saturated heterocycles. The minimum absolute atomic E-state index is 0.411. The predicted octanol–water partition coefficient (Wildman–Crippen LogP) is 1.82. The first-order chi connectivity index (χ1) is 8.58. The Bertz CT molecular complexity index is 741. The van der Waals surface area contributed by atoms with E-state index in [0.717, 1.165) is 28.1 Å². The number of aryl methyl sites for hydroxylation is 2. The van der Waals surface area contributed by atoms with E-state index in [1.165, 1.54) is 0 Å². The Morgan fingerprint density at radius 2 is 2.06 bits per heavy atom. The number of hydrogen-bond acceptors (Lipinski definition) is 4. The van der Waals surface area contributed by atoms with Gasteiger partial charge in [0.1, 0.15) is 5.15 Å². The highest BCUT2D eigenvalue weighted by molar-refractivity contribution is 6.30. The Hall–Kier alpha value is -1.95. The molecule has 3 aromatic rings. The van der Waals surface area contributed by atoms with Crippen LogP contribution in [0.1, 0.15) is 11.4 Å². The van der Waals surface area contributed by atoms with Crippen LogP contribution in [0.25, 0.3) is 16.7 Å². The molecular formula is C11H11ClN6. The van der Waals surface area contributed by atoms with Crippen LogP contribution in [-0.2, 0) is 7.05 Å². The first-order valence-electron chi connectivity index (χ1n) is 5.45. The van der Waals surface area contributed by atoms with Gasteiger partial charge < -0.3 is 0 Å².